The molecule has 4 aromatic heterocycles. The number of ether oxygens (including phenoxy) is 4. The number of carbonyl (C=O) groups excluding carboxylic acids is 4. The first-order valence-corrected chi connectivity index (χ1v) is 40.1. The van der Waals surface area contributed by atoms with Gasteiger partial charge in [0, 0.05) is 113 Å². The first-order chi connectivity index (χ1) is 54.8. The number of fused-ring (bicyclic) bond motifs is 8. The molecule has 5 fully saturated rings. The summed E-state index contributed by atoms with van der Waals surface area (Å²) in [7, 11) is 0.622. The SMILES string of the molecule is C/C=C/[P+](c1ccccc1)(c1ccccc1)c1ccccc1.C=CCON1C(=O)N2CC=C(B3OC(C)(C)C(C)(C)O3)C1C2.C=CCON1C(=O)N2CC=C(c3cnc(OC)nc3)C1C2.COc1ncc(Br)cn1.COc1ncc(C2=CCN3CC2N(C)C3=O)cn1.COc1ncc(C2=CCN3CC2N(OS(=O)(=O)[O-])C3=O)cn1.[Na+]. The van der Waals surface area contributed by atoms with Crippen molar-refractivity contribution in [3.05, 3.63) is 229 Å². The van der Waals surface area contributed by atoms with E-state index in [0.29, 0.717) is 80.2 Å². The van der Waals surface area contributed by atoms with Crippen molar-refractivity contribution in [2.24, 2.45) is 0 Å². The molecule has 0 N–H and O–H groups in total. The fraction of sp³-hybridized carbons (Fsp3) is 0.333. The van der Waals surface area contributed by atoms with Crippen LogP contribution in [0, 0.1) is 0 Å². The standard InChI is InChI=1S/C21H20P.C15H23BN2O4.C14H16N4O3.C12H14N4O2.C11H12N4O6S.C5H5BrN2O.Na/c1-2-18-22(19-12-6-3-7-13-19,20-14-8-4-9-15-20)21-16-10-5-11-17-21;1-6-9-20-18-12-10-17(13(18)19)8-7-11(12)16-21-14(2,3)15(4,5)22-16;1-3-6-21-18-12-9-17(14(18)19)5-4-11(12)10-7-15-13(20-2)16-8-10;1-15-10-7-16(12(15)17)4-3-9(10)8-5-13-11(18-2)14-6-8;1-20-10-12-4-7(5-13-10)8-2-3-14-6-9(8)15(11(14)16)21-22(17,18)19;1-9-5-7-2-4(6)3-8-5;/h2-18H,1H3;6-7,12H,1,8-10H2,2-5H3;3-4,7-8,12H,1,5-6,9H2,2H3;3,5-6,10H,4,7H2,1-2H3;2,4-5,9H,3,6H2,1H3,(H,17,18,19);2-3H,1H3;/q+1;;;;;;+1/p-1/b18-2+;;;;;;. The van der Waals surface area contributed by atoms with Crippen molar-refractivity contribution in [2.75, 3.05) is 101 Å². The van der Waals surface area contributed by atoms with Gasteiger partial charge in [-0.2, -0.15) is 19.5 Å². The van der Waals surface area contributed by atoms with Crippen LogP contribution in [-0.2, 0) is 33.7 Å². The molecule has 16 rings (SSSR count). The summed E-state index contributed by atoms with van der Waals surface area (Å²) in [5.74, 6) is 2.41. The minimum Gasteiger partial charge on any atom is -0.724 e. The number of hydrogen-bond acceptors (Lipinski definition) is 24. The molecule has 13 heterocycles. The van der Waals surface area contributed by atoms with Crippen LogP contribution in [0.2, 0.25) is 0 Å². The summed E-state index contributed by atoms with van der Waals surface area (Å²) in [6, 6.07) is 32.1. The van der Waals surface area contributed by atoms with Gasteiger partial charge in [-0.1, -0.05) is 97.1 Å². The van der Waals surface area contributed by atoms with Crippen LogP contribution in [0.25, 0.3) is 16.7 Å². The number of amides is 8. The second-order valence-corrected chi connectivity index (χ2v) is 32.5. The Morgan fingerprint density at radius 2 is 0.835 bits per heavy atom. The van der Waals surface area contributed by atoms with E-state index < -0.39 is 48.1 Å². The van der Waals surface area contributed by atoms with E-state index in [0.717, 1.165) is 38.8 Å². The molecule has 115 heavy (non-hydrogen) atoms. The van der Waals surface area contributed by atoms with Crippen molar-refractivity contribution >= 4 is 97.5 Å². The van der Waals surface area contributed by atoms with Gasteiger partial charge in [0.2, 0.25) is 10.4 Å². The third-order valence-electron chi connectivity index (χ3n) is 19.9. The van der Waals surface area contributed by atoms with Gasteiger partial charge in [0.25, 0.3) is 0 Å². The summed E-state index contributed by atoms with van der Waals surface area (Å²) in [5, 5.41) is 7.59. The van der Waals surface area contributed by atoms with Crippen molar-refractivity contribution < 1.29 is 104 Å². The molecule has 0 radical (unpaired) electrons. The van der Waals surface area contributed by atoms with Crippen LogP contribution in [0.15, 0.2) is 212 Å². The zero-order valence-electron chi connectivity index (χ0n) is 65.7. The largest absolute Gasteiger partial charge is 1.00 e. The number of nitrogens with zero attached hydrogens (tertiary/aromatic N) is 16. The van der Waals surface area contributed by atoms with Crippen LogP contribution >= 0.6 is 23.2 Å². The van der Waals surface area contributed by atoms with Crippen molar-refractivity contribution in [1.29, 1.82) is 0 Å². The number of allylic oxidation sites excluding steroid dienone is 1. The van der Waals surface area contributed by atoms with Crippen LogP contribution in [0.3, 0.4) is 0 Å². The van der Waals surface area contributed by atoms with Gasteiger partial charge < -0.3 is 57.3 Å². The fourth-order valence-corrected chi connectivity index (χ4v) is 18.0. The Hall–Kier alpha value is -9.88. The molecule has 9 aliphatic heterocycles. The molecule has 0 saturated carbocycles. The van der Waals surface area contributed by atoms with Gasteiger partial charge in [0.05, 0.1) is 88.3 Å². The molecule has 598 valence electrons. The Balaban J connectivity index is 0.000000148. The summed E-state index contributed by atoms with van der Waals surface area (Å²) >= 11 is 3.19. The summed E-state index contributed by atoms with van der Waals surface area (Å²) in [4.78, 5) is 99.8. The first kappa shape index (κ1) is 87.5. The third-order valence-corrected chi connectivity index (χ3v) is 24.7. The van der Waals surface area contributed by atoms with Crippen LogP contribution < -0.4 is 64.4 Å². The zero-order valence-corrected chi connectivity index (χ0v) is 71.0. The summed E-state index contributed by atoms with van der Waals surface area (Å²) < 4.78 is 69.2. The number of aromatic nitrogens is 8. The van der Waals surface area contributed by atoms with E-state index in [1.807, 2.05) is 51.8 Å². The monoisotopic (exact) mass is 1680 g/mol. The number of methoxy groups -OCH3 is 4. The first-order valence-electron chi connectivity index (χ1n) is 36.2. The molecule has 3 aromatic carbocycles. The van der Waals surface area contributed by atoms with Gasteiger partial charge in [0.15, 0.2) is 0 Å². The maximum Gasteiger partial charge on any atom is 1.00 e. The molecular formula is C78H89BBrN16NaO16PS+. The number of rotatable bonds is 20. The van der Waals surface area contributed by atoms with E-state index in [9.17, 15) is 32.1 Å². The Morgan fingerprint density at radius 1 is 0.513 bits per heavy atom. The van der Waals surface area contributed by atoms with Gasteiger partial charge >= 0.3 is 84.8 Å². The van der Waals surface area contributed by atoms with E-state index in [2.05, 4.69) is 189 Å². The van der Waals surface area contributed by atoms with Crippen molar-refractivity contribution in [3.8, 4) is 24.0 Å². The van der Waals surface area contributed by atoms with Gasteiger partial charge in [-0.25, -0.2) is 67.5 Å². The van der Waals surface area contributed by atoms with Gasteiger partial charge in [-0.15, -0.1) is 13.2 Å². The number of halogens is 1. The van der Waals surface area contributed by atoms with Crippen LogP contribution in [0.5, 0.6) is 24.0 Å². The van der Waals surface area contributed by atoms with E-state index in [1.165, 1.54) is 71.8 Å². The number of likely N-dealkylation sites (N-methyl/N-ethyl adjacent to an activating group) is 1. The predicted molar refractivity (Wildman–Crippen MR) is 429 cm³/mol. The Morgan fingerprint density at radius 3 is 1.20 bits per heavy atom. The molecule has 9 aliphatic rings. The molecule has 4 atom stereocenters. The topological polar surface area (TPSA) is 338 Å². The fourth-order valence-electron chi connectivity index (χ4n) is 13.6. The molecule has 32 nitrogen and oxygen atoms in total. The summed E-state index contributed by atoms with van der Waals surface area (Å²) in [6.07, 6.45) is 26.4. The zero-order chi connectivity index (χ0) is 81.5. The number of carbonyl (C=O) groups is 4. The number of hydrogen-bond donors (Lipinski definition) is 0. The van der Waals surface area contributed by atoms with Crippen molar-refractivity contribution in [1.82, 2.24) is 79.6 Å². The molecule has 7 aromatic rings. The Kier molecular flexibility index (Phi) is 29.8. The smallest absolute Gasteiger partial charge is 0.724 e. The molecule has 0 spiro atoms. The van der Waals surface area contributed by atoms with E-state index in [1.54, 1.807) is 70.1 Å². The second kappa shape index (κ2) is 39.2. The molecule has 5 saturated heterocycles. The normalized spacial score (nSPS) is 19.8. The van der Waals surface area contributed by atoms with E-state index >= 15 is 0 Å². The average molecular weight is 1680 g/mol. The predicted octanol–water partition coefficient (Wildman–Crippen LogP) is 5.65. The van der Waals surface area contributed by atoms with Crippen LogP contribution in [0.4, 0.5) is 19.2 Å². The van der Waals surface area contributed by atoms with Gasteiger partial charge in [-0.05, 0) is 109 Å². The molecule has 0 aliphatic carbocycles. The quantitative estimate of drug-likeness (QED) is 0.0292. The molecule has 8 amide bonds. The minimum absolute atomic E-state index is 0. The molecule has 4 unspecified atom stereocenters. The van der Waals surface area contributed by atoms with Crippen molar-refractivity contribution in [3.63, 3.8) is 0 Å². The van der Waals surface area contributed by atoms with E-state index in [-0.39, 0.29) is 84.9 Å². The van der Waals surface area contributed by atoms with E-state index in [4.69, 9.17) is 37.9 Å². The van der Waals surface area contributed by atoms with Gasteiger partial charge in [-0.3, -0.25) is 9.68 Å². The third kappa shape index (κ3) is 20.2. The van der Waals surface area contributed by atoms with Crippen molar-refractivity contribution in [2.45, 2.75) is 70.0 Å². The Labute approximate surface area is 699 Å². The Bertz CT molecular complexity index is 4710. The second-order valence-electron chi connectivity index (χ2n) is 27.3. The summed E-state index contributed by atoms with van der Waals surface area (Å²) in [6.45, 7) is 22.2. The number of benzene rings is 3. The van der Waals surface area contributed by atoms with Crippen LogP contribution in [-0.4, -0.2) is 260 Å². The minimum atomic E-state index is -5.05. The molecule has 8 bridgehead atoms. The number of hydroxylamine groups is 6. The maximum absolute atomic E-state index is 12.3. The van der Waals surface area contributed by atoms with Gasteiger partial charge in [0.1, 0.15) is 35.3 Å². The molecular weight excluding hydrogens is 1590 g/mol. The molecule has 37 heteroatoms. The summed E-state index contributed by atoms with van der Waals surface area (Å²) in [5.41, 5.74) is 5.27. The maximum atomic E-state index is 12.3. The average Bonchev–Trinajstić information content (AvgIpc) is 1.52. The number of urea groups is 4. The van der Waals surface area contributed by atoms with Crippen LogP contribution in [0.1, 0.15) is 51.3 Å².